The second kappa shape index (κ2) is 21.9. The lowest BCUT2D eigenvalue weighted by molar-refractivity contribution is 0.838. The Bertz CT molecular complexity index is 1650. The van der Waals surface area contributed by atoms with Gasteiger partial charge in [-0.15, -0.1) is 11.1 Å². The van der Waals surface area contributed by atoms with E-state index in [1.54, 1.807) is 0 Å². The van der Waals surface area contributed by atoms with Crippen LogP contribution >= 0.6 is 0 Å². The molecule has 0 aromatic heterocycles. The Morgan fingerprint density at radius 3 is 0.500 bits per heavy atom. The summed E-state index contributed by atoms with van der Waals surface area (Å²) < 4.78 is 0. The van der Waals surface area contributed by atoms with Gasteiger partial charge in [0.05, 0.1) is 27.9 Å². The summed E-state index contributed by atoms with van der Waals surface area (Å²) in [7, 11) is -3.74. The minimum Gasteiger partial charge on any atom is -0.124 e. The molecule has 0 fully saturated rings. The monoisotopic (exact) mass is 729 g/mol. The minimum atomic E-state index is -1.87. The lowest BCUT2D eigenvalue weighted by Crippen LogP contribution is -2.43. The van der Waals surface area contributed by atoms with E-state index in [9.17, 15) is 0 Å². The Labute approximate surface area is 326 Å². The third kappa shape index (κ3) is 13.5. The SMILES string of the molecule is CC(C)=C(C#CC(C#CC(C#C[Si](C(C)C)(C(C)C)C(C)C)=C(C)C)=C(C)C)C#CC(C#CC(C#C[Si](C(C)C)(C(C)C)C(C)C)=C(C)C)=C(C)C. The van der Waals surface area contributed by atoms with Gasteiger partial charge in [-0.1, -0.05) is 170 Å². The molecule has 0 amide bonds. The molecule has 0 spiro atoms. The first-order valence-corrected chi connectivity index (χ1v) is 23.9. The maximum atomic E-state index is 3.84. The lowest BCUT2D eigenvalue weighted by Gasteiger charge is -2.38. The first-order chi connectivity index (χ1) is 23.9. The van der Waals surface area contributed by atoms with Gasteiger partial charge in [-0.25, -0.2) is 0 Å². The van der Waals surface area contributed by atoms with Gasteiger partial charge in [-0.05, 0) is 102 Å². The van der Waals surface area contributed by atoms with Crippen LogP contribution in [0.4, 0.5) is 0 Å². The highest BCUT2D eigenvalue weighted by Gasteiger charge is 2.42. The summed E-state index contributed by atoms with van der Waals surface area (Å²) in [6, 6.07) is 0. The van der Waals surface area contributed by atoms with Crippen molar-refractivity contribution in [3.63, 3.8) is 0 Å². The second-order valence-corrected chi connectivity index (χ2v) is 28.3. The van der Waals surface area contributed by atoms with Crippen molar-refractivity contribution in [2.24, 2.45) is 0 Å². The highest BCUT2D eigenvalue weighted by atomic mass is 28.3. The summed E-state index contributed by atoms with van der Waals surface area (Å²) in [5.41, 5.74) is 20.8. The fourth-order valence-corrected chi connectivity index (χ4v) is 17.5. The van der Waals surface area contributed by atoms with Gasteiger partial charge >= 0.3 is 0 Å². The van der Waals surface area contributed by atoms with Crippen LogP contribution in [0.25, 0.3) is 0 Å². The quantitative estimate of drug-likeness (QED) is 0.189. The number of hydrogen-bond donors (Lipinski definition) is 0. The molecular weight excluding hydrogens is 657 g/mol. The molecular formula is C50H72Si2. The molecule has 0 radical (unpaired) electrons. The first kappa shape index (κ1) is 48.5. The largest absolute Gasteiger partial charge is 0.146 e. The van der Waals surface area contributed by atoms with Gasteiger partial charge in [-0.2, -0.15) is 0 Å². The molecule has 0 heterocycles. The molecule has 2 heteroatoms. The van der Waals surface area contributed by atoms with Crippen molar-refractivity contribution in [2.75, 3.05) is 0 Å². The molecule has 0 aliphatic carbocycles. The summed E-state index contributed by atoms with van der Waals surface area (Å²) in [4.78, 5) is 0. The summed E-state index contributed by atoms with van der Waals surface area (Å²) in [6.07, 6.45) is 0. The molecule has 0 aromatic rings. The summed E-state index contributed by atoms with van der Waals surface area (Å²) in [5, 5.41) is 0. The van der Waals surface area contributed by atoms with Crippen LogP contribution in [0.1, 0.15) is 152 Å². The van der Waals surface area contributed by atoms with E-state index in [-0.39, 0.29) is 0 Å². The zero-order valence-electron chi connectivity index (χ0n) is 37.5. The molecule has 0 aliphatic heterocycles. The van der Waals surface area contributed by atoms with Crippen molar-refractivity contribution in [1.82, 2.24) is 0 Å². The van der Waals surface area contributed by atoms with Crippen molar-refractivity contribution in [3.8, 4) is 70.3 Å². The third-order valence-corrected chi connectivity index (χ3v) is 22.9. The Morgan fingerprint density at radius 1 is 0.250 bits per heavy atom. The van der Waals surface area contributed by atoms with E-state index in [0.717, 1.165) is 55.7 Å². The van der Waals surface area contributed by atoms with Crippen LogP contribution in [-0.4, -0.2) is 16.1 Å². The lowest BCUT2D eigenvalue weighted by atomic mass is 10.1. The molecule has 0 unspecified atom stereocenters. The Kier molecular flexibility index (Phi) is 20.4. The molecule has 0 bridgehead atoms. The molecule has 0 saturated heterocycles. The van der Waals surface area contributed by atoms with E-state index in [4.69, 9.17) is 0 Å². The van der Waals surface area contributed by atoms with Crippen molar-refractivity contribution < 1.29 is 0 Å². The van der Waals surface area contributed by atoms with Crippen LogP contribution < -0.4 is 0 Å². The maximum absolute atomic E-state index is 3.84. The van der Waals surface area contributed by atoms with E-state index in [2.05, 4.69) is 223 Å². The Hall–Kier alpha value is -3.51. The number of rotatable bonds is 6. The third-order valence-electron chi connectivity index (χ3n) is 10.3. The highest BCUT2D eigenvalue weighted by molar-refractivity contribution is 6.91. The first-order valence-electron chi connectivity index (χ1n) is 19.4. The van der Waals surface area contributed by atoms with Crippen LogP contribution in [0.5, 0.6) is 0 Å². The fraction of sp³-hybridized carbons (Fsp3) is 0.560. The molecule has 0 N–H and O–H groups in total. The molecule has 0 saturated carbocycles. The summed E-state index contributed by atoms with van der Waals surface area (Å²) in [5.74, 6) is 34.1. The van der Waals surface area contributed by atoms with Gasteiger partial charge in [0.2, 0.25) is 0 Å². The molecule has 0 aromatic carbocycles. The zero-order chi connectivity index (χ0) is 40.7. The van der Waals surface area contributed by atoms with Crippen molar-refractivity contribution >= 4 is 16.1 Å². The van der Waals surface area contributed by atoms with Gasteiger partial charge in [0.1, 0.15) is 16.1 Å². The van der Waals surface area contributed by atoms with Crippen LogP contribution in [0, 0.1) is 70.3 Å². The van der Waals surface area contributed by atoms with Gasteiger partial charge < -0.3 is 0 Å². The smallest absolute Gasteiger partial charge is 0.124 e. The van der Waals surface area contributed by atoms with E-state index < -0.39 is 16.1 Å². The topological polar surface area (TPSA) is 0 Å². The molecule has 52 heavy (non-hydrogen) atoms. The van der Waals surface area contributed by atoms with Crippen LogP contribution in [0.2, 0.25) is 33.2 Å². The summed E-state index contributed by atoms with van der Waals surface area (Å²) >= 11 is 0. The minimum absolute atomic E-state index is 0.570. The number of allylic oxidation sites excluding steroid dienone is 10. The van der Waals surface area contributed by atoms with Crippen LogP contribution in [0.15, 0.2) is 55.7 Å². The average Bonchev–Trinajstić information content (AvgIpc) is 2.99. The highest BCUT2D eigenvalue weighted by Crippen LogP contribution is 2.42. The second-order valence-electron chi connectivity index (χ2n) is 17.2. The molecule has 0 nitrogen and oxygen atoms in total. The van der Waals surface area contributed by atoms with Crippen molar-refractivity contribution in [1.29, 1.82) is 0 Å². The van der Waals surface area contributed by atoms with Crippen LogP contribution in [-0.2, 0) is 0 Å². The maximum Gasteiger partial charge on any atom is 0.146 e. The van der Waals surface area contributed by atoms with Crippen molar-refractivity contribution in [2.45, 2.75) is 186 Å². The molecule has 0 aliphatic rings. The standard InChI is InChI=1S/C50H72Si2/c1-35(2)46(23-25-47(36(3)4)27-29-49(38(7)8)31-33-51(40(11)12,41(13)14)42(15)16)24-26-48(37(5)6)28-30-50(39(9)10)32-34-52(43(17)18,44(19)20)45(21)22/h40-45H,1-22H3. The van der Waals surface area contributed by atoms with E-state index in [0.29, 0.717) is 33.2 Å². The van der Waals surface area contributed by atoms with Crippen molar-refractivity contribution in [3.05, 3.63) is 55.7 Å². The average molecular weight is 729 g/mol. The van der Waals surface area contributed by atoms with Crippen LogP contribution in [0.3, 0.4) is 0 Å². The van der Waals surface area contributed by atoms with E-state index in [1.165, 1.54) is 0 Å². The van der Waals surface area contributed by atoms with Gasteiger partial charge in [0.25, 0.3) is 0 Å². The van der Waals surface area contributed by atoms with Gasteiger partial charge in [0.15, 0.2) is 0 Å². The van der Waals surface area contributed by atoms with Gasteiger partial charge in [0, 0.05) is 0 Å². The fourth-order valence-electron chi connectivity index (χ4n) is 7.11. The predicted molar refractivity (Wildman–Crippen MR) is 241 cm³/mol. The summed E-state index contributed by atoms with van der Waals surface area (Å²) in [6.45, 7) is 48.9. The number of hydrogen-bond acceptors (Lipinski definition) is 0. The molecule has 0 atom stereocenters. The Balaban J connectivity index is 7.01. The van der Waals surface area contributed by atoms with Gasteiger partial charge in [-0.3, -0.25) is 0 Å². The van der Waals surface area contributed by atoms with E-state index >= 15 is 0 Å². The molecule has 280 valence electrons. The molecule has 0 rings (SSSR count). The zero-order valence-corrected chi connectivity index (χ0v) is 39.5. The predicted octanol–water partition coefficient (Wildman–Crippen LogP) is 14.1. The normalized spacial score (nSPS) is 10.6. The van der Waals surface area contributed by atoms with E-state index in [1.807, 2.05) is 0 Å². The Morgan fingerprint density at radius 2 is 0.385 bits per heavy atom.